The summed E-state index contributed by atoms with van der Waals surface area (Å²) in [6.07, 6.45) is 4.96. The zero-order chi connectivity index (χ0) is 14.5. The SMILES string of the molecule is CCOC1CC(CC(=O)Nc2nccnc2C(=O)O)C1. The van der Waals surface area contributed by atoms with E-state index in [2.05, 4.69) is 15.3 Å². The molecule has 0 aliphatic heterocycles. The molecule has 7 heteroatoms. The largest absolute Gasteiger partial charge is 0.476 e. The molecule has 108 valence electrons. The Morgan fingerprint density at radius 2 is 2.10 bits per heavy atom. The summed E-state index contributed by atoms with van der Waals surface area (Å²) in [7, 11) is 0. The van der Waals surface area contributed by atoms with E-state index in [0.717, 1.165) is 12.8 Å². The van der Waals surface area contributed by atoms with Gasteiger partial charge in [0.1, 0.15) is 0 Å². The molecule has 0 radical (unpaired) electrons. The first kappa shape index (κ1) is 14.4. The van der Waals surface area contributed by atoms with Crippen LogP contribution in [0.5, 0.6) is 0 Å². The minimum Gasteiger partial charge on any atom is -0.476 e. The van der Waals surface area contributed by atoms with Crippen molar-refractivity contribution in [2.45, 2.75) is 32.3 Å². The molecule has 1 aromatic rings. The lowest BCUT2D eigenvalue weighted by molar-refractivity contribution is -0.119. The van der Waals surface area contributed by atoms with Crippen LogP contribution in [0.1, 0.15) is 36.7 Å². The second-order valence-corrected chi connectivity index (χ2v) is 4.73. The maximum atomic E-state index is 11.8. The number of carbonyl (C=O) groups is 2. The molecule has 0 spiro atoms. The van der Waals surface area contributed by atoms with Crippen molar-refractivity contribution in [1.29, 1.82) is 0 Å². The standard InChI is InChI=1S/C13H17N3O4/c1-2-20-9-5-8(6-9)7-10(17)16-12-11(13(18)19)14-3-4-15-12/h3-4,8-9H,2,5-7H2,1H3,(H,18,19)(H,15,16,17). The molecule has 1 aromatic heterocycles. The molecule has 1 aliphatic rings. The number of carboxylic acids is 1. The highest BCUT2D eigenvalue weighted by Gasteiger charge is 2.31. The van der Waals surface area contributed by atoms with E-state index in [1.54, 1.807) is 0 Å². The van der Waals surface area contributed by atoms with Gasteiger partial charge in [-0.05, 0) is 25.7 Å². The number of carboxylic acid groups (broad SMARTS) is 1. The van der Waals surface area contributed by atoms with E-state index in [4.69, 9.17) is 9.84 Å². The van der Waals surface area contributed by atoms with Crippen LogP contribution < -0.4 is 5.32 Å². The van der Waals surface area contributed by atoms with Crippen molar-refractivity contribution in [3.05, 3.63) is 18.1 Å². The van der Waals surface area contributed by atoms with Gasteiger partial charge in [-0.3, -0.25) is 4.79 Å². The molecule has 2 N–H and O–H groups in total. The van der Waals surface area contributed by atoms with E-state index in [1.165, 1.54) is 12.4 Å². The van der Waals surface area contributed by atoms with E-state index in [1.807, 2.05) is 6.92 Å². The number of aromatic nitrogens is 2. The Hall–Kier alpha value is -2.02. The Bertz CT molecular complexity index is 500. The number of rotatable bonds is 6. The van der Waals surface area contributed by atoms with E-state index >= 15 is 0 Å². The first-order chi connectivity index (χ1) is 9.60. The van der Waals surface area contributed by atoms with E-state index < -0.39 is 5.97 Å². The fourth-order valence-corrected chi connectivity index (χ4v) is 2.24. The van der Waals surface area contributed by atoms with Gasteiger partial charge in [-0.1, -0.05) is 0 Å². The number of carbonyl (C=O) groups excluding carboxylic acids is 1. The average Bonchev–Trinajstić information content (AvgIpc) is 2.36. The molecule has 0 aromatic carbocycles. The molecule has 1 fully saturated rings. The van der Waals surface area contributed by atoms with Gasteiger partial charge in [0.15, 0.2) is 11.5 Å². The molecule has 0 saturated heterocycles. The average molecular weight is 279 g/mol. The smallest absolute Gasteiger partial charge is 0.358 e. The van der Waals surface area contributed by atoms with Crippen LogP contribution in [-0.4, -0.2) is 39.7 Å². The van der Waals surface area contributed by atoms with Crippen molar-refractivity contribution in [2.75, 3.05) is 11.9 Å². The van der Waals surface area contributed by atoms with Crippen LogP contribution in [0.3, 0.4) is 0 Å². The lowest BCUT2D eigenvalue weighted by Gasteiger charge is -2.34. The summed E-state index contributed by atoms with van der Waals surface area (Å²) in [5.41, 5.74) is -0.248. The third-order valence-electron chi connectivity index (χ3n) is 3.23. The first-order valence-electron chi connectivity index (χ1n) is 6.56. The topological polar surface area (TPSA) is 101 Å². The third kappa shape index (κ3) is 3.51. The molecular formula is C13H17N3O4. The summed E-state index contributed by atoms with van der Waals surface area (Å²) >= 11 is 0. The predicted octanol–water partition coefficient (Wildman–Crippen LogP) is 1.32. The Balaban J connectivity index is 1.85. The molecule has 0 unspecified atom stereocenters. The van der Waals surface area contributed by atoms with Crippen LogP contribution in [-0.2, 0) is 9.53 Å². The van der Waals surface area contributed by atoms with E-state index in [9.17, 15) is 9.59 Å². The fraction of sp³-hybridized carbons (Fsp3) is 0.538. The first-order valence-corrected chi connectivity index (χ1v) is 6.56. The van der Waals surface area contributed by atoms with Gasteiger partial charge in [-0.15, -0.1) is 0 Å². The van der Waals surface area contributed by atoms with E-state index in [-0.39, 0.29) is 29.4 Å². The number of hydrogen-bond acceptors (Lipinski definition) is 5. The van der Waals surface area contributed by atoms with Gasteiger partial charge in [0.05, 0.1) is 6.10 Å². The van der Waals surface area contributed by atoms with Crippen LogP contribution in [0.25, 0.3) is 0 Å². The molecule has 7 nitrogen and oxygen atoms in total. The zero-order valence-corrected chi connectivity index (χ0v) is 11.2. The van der Waals surface area contributed by atoms with Gasteiger partial charge in [0.2, 0.25) is 5.91 Å². The van der Waals surface area contributed by atoms with Crippen LogP contribution in [0.15, 0.2) is 12.4 Å². The van der Waals surface area contributed by atoms with Crippen LogP contribution in [0.2, 0.25) is 0 Å². The van der Waals surface area contributed by atoms with Gasteiger partial charge in [-0.2, -0.15) is 0 Å². The number of nitrogens with one attached hydrogen (secondary N) is 1. The molecule has 1 saturated carbocycles. The zero-order valence-electron chi connectivity index (χ0n) is 11.2. The Kier molecular flexibility index (Phi) is 4.62. The minimum atomic E-state index is -1.21. The highest BCUT2D eigenvalue weighted by Crippen LogP contribution is 2.32. The summed E-state index contributed by atoms with van der Waals surface area (Å²) in [4.78, 5) is 30.3. The van der Waals surface area contributed by atoms with Crippen molar-refractivity contribution in [3.8, 4) is 0 Å². The van der Waals surface area contributed by atoms with Crippen molar-refractivity contribution < 1.29 is 19.4 Å². The predicted molar refractivity (Wildman–Crippen MR) is 70.4 cm³/mol. The van der Waals surface area contributed by atoms with Crippen LogP contribution in [0.4, 0.5) is 5.82 Å². The normalized spacial score (nSPS) is 21.1. The molecule has 0 bridgehead atoms. The Labute approximate surface area is 116 Å². The molecule has 1 aliphatic carbocycles. The lowest BCUT2D eigenvalue weighted by Crippen LogP contribution is -2.34. The number of amides is 1. The molecule has 1 amide bonds. The summed E-state index contributed by atoms with van der Waals surface area (Å²) < 4.78 is 5.43. The molecule has 0 atom stereocenters. The summed E-state index contributed by atoms with van der Waals surface area (Å²) in [5.74, 6) is -1.18. The molecule has 2 rings (SSSR count). The lowest BCUT2D eigenvalue weighted by atomic mass is 9.80. The minimum absolute atomic E-state index is 0.00863. The summed E-state index contributed by atoms with van der Waals surface area (Å²) in [6, 6.07) is 0. The number of nitrogens with zero attached hydrogens (tertiary/aromatic N) is 2. The Morgan fingerprint density at radius 3 is 2.75 bits per heavy atom. The number of ether oxygens (including phenoxy) is 1. The monoisotopic (exact) mass is 279 g/mol. The van der Waals surface area contributed by atoms with Gasteiger partial charge < -0.3 is 15.2 Å². The second kappa shape index (κ2) is 6.42. The number of hydrogen-bond donors (Lipinski definition) is 2. The van der Waals surface area contributed by atoms with Crippen molar-refractivity contribution in [3.63, 3.8) is 0 Å². The summed E-state index contributed by atoms with van der Waals surface area (Å²) in [6.45, 7) is 2.63. The van der Waals surface area contributed by atoms with Crippen LogP contribution in [0, 0.1) is 5.92 Å². The van der Waals surface area contributed by atoms with Crippen molar-refractivity contribution >= 4 is 17.7 Å². The van der Waals surface area contributed by atoms with Gasteiger partial charge >= 0.3 is 5.97 Å². The van der Waals surface area contributed by atoms with Gasteiger partial charge in [0.25, 0.3) is 0 Å². The van der Waals surface area contributed by atoms with Gasteiger partial charge in [-0.25, -0.2) is 14.8 Å². The quantitative estimate of drug-likeness (QED) is 0.814. The Morgan fingerprint density at radius 1 is 1.40 bits per heavy atom. The second-order valence-electron chi connectivity index (χ2n) is 4.73. The van der Waals surface area contributed by atoms with Crippen molar-refractivity contribution in [2.24, 2.45) is 5.92 Å². The van der Waals surface area contributed by atoms with Gasteiger partial charge in [0, 0.05) is 25.4 Å². The van der Waals surface area contributed by atoms with Crippen molar-refractivity contribution in [1.82, 2.24) is 9.97 Å². The highest BCUT2D eigenvalue weighted by atomic mass is 16.5. The third-order valence-corrected chi connectivity index (χ3v) is 3.23. The maximum absolute atomic E-state index is 11.8. The fourth-order valence-electron chi connectivity index (χ4n) is 2.24. The molecule has 20 heavy (non-hydrogen) atoms. The highest BCUT2D eigenvalue weighted by molar-refractivity contribution is 5.97. The summed E-state index contributed by atoms with van der Waals surface area (Å²) in [5, 5.41) is 11.4. The van der Waals surface area contributed by atoms with Crippen LogP contribution >= 0.6 is 0 Å². The molecule has 1 heterocycles. The maximum Gasteiger partial charge on any atom is 0.358 e. The van der Waals surface area contributed by atoms with E-state index in [0.29, 0.717) is 13.0 Å². The number of aromatic carboxylic acids is 1. The number of anilines is 1. The molecular weight excluding hydrogens is 262 g/mol.